The van der Waals surface area contributed by atoms with Gasteiger partial charge in [0.05, 0.1) is 4.88 Å². The van der Waals surface area contributed by atoms with Crippen LogP contribution in [0.15, 0.2) is 34.8 Å². The lowest BCUT2D eigenvalue weighted by molar-refractivity contribution is 0.104. The monoisotopic (exact) mass is 308 g/mol. The summed E-state index contributed by atoms with van der Waals surface area (Å²) < 4.78 is 1.04. The average Bonchev–Trinajstić information content (AvgIpc) is 2.80. The van der Waals surface area contributed by atoms with Crippen molar-refractivity contribution in [2.24, 2.45) is 0 Å². The smallest absolute Gasteiger partial charge is 0.202 e. The summed E-state index contributed by atoms with van der Waals surface area (Å²) >= 11 is 5.03. The molecule has 0 aliphatic rings. The van der Waals surface area contributed by atoms with E-state index in [4.69, 9.17) is 0 Å². The van der Waals surface area contributed by atoms with Crippen molar-refractivity contribution in [1.82, 2.24) is 0 Å². The van der Waals surface area contributed by atoms with E-state index in [9.17, 15) is 4.79 Å². The maximum atomic E-state index is 12.2. The minimum atomic E-state index is 0.116. The van der Waals surface area contributed by atoms with Crippen LogP contribution in [0.25, 0.3) is 0 Å². The highest BCUT2D eigenvalue weighted by Crippen LogP contribution is 2.23. The molecule has 88 valence electrons. The Labute approximate surface area is 114 Å². The highest BCUT2D eigenvalue weighted by atomic mass is 79.9. The summed E-state index contributed by atoms with van der Waals surface area (Å²) in [4.78, 5) is 14.3. The van der Waals surface area contributed by atoms with Crippen molar-refractivity contribution < 1.29 is 4.79 Å². The number of ketones is 1. The Balaban J connectivity index is 2.33. The van der Waals surface area contributed by atoms with Gasteiger partial charge in [0.1, 0.15) is 0 Å². The molecule has 2 aromatic rings. The van der Waals surface area contributed by atoms with Gasteiger partial charge < -0.3 is 0 Å². The number of halogens is 1. The minimum Gasteiger partial charge on any atom is -0.288 e. The third-order valence-electron chi connectivity index (χ3n) is 2.65. The van der Waals surface area contributed by atoms with Crippen molar-refractivity contribution in [2.45, 2.75) is 20.3 Å². The summed E-state index contributed by atoms with van der Waals surface area (Å²) in [5.41, 5.74) is 1.85. The molecule has 0 saturated carbocycles. The summed E-state index contributed by atoms with van der Waals surface area (Å²) in [6.45, 7) is 4.09. The van der Waals surface area contributed by atoms with Crippen molar-refractivity contribution in [1.29, 1.82) is 0 Å². The molecule has 17 heavy (non-hydrogen) atoms. The van der Waals surface area contributed by atoms with Gasteiger partial charge in [-0.2, -0.15) is 0 Å². The first-order valence-electron chi connectivity index (χ1n) is 5.51. The molecule has 1 aromatic carbocycles. The second kappa shape index (κ2) is 5.15. The SMILES string of the molecule is CCc1ccc(C(=O)c2ccc(Br)c(C)c2)s1. The number of hydrogen-bond acceptors (Lipinski definition) is 2. The van der Waals surface area contributed by atoms with Gasteiger partial charge in [0, 0.05) is 14.9 Å². The number of hydrogen-bond donors (Lipinski definition) is 0. The lowest BCUT2D eigenvalue weighted by Gasteiger charge is -2.02. The van der Waals surface area contributed by atoms with Crippen LogP contribution in [-0.4, -0.2) is 5.78 Å². The normalized spacial score (nSPS) is 10.5. The minimum absolute atomic E-state index is 0.116. The Kier molecular flexibility index (Phi) is 3.79. The summed E-state index contributed by atoms with van der Waals surface area (Å²) in [7, 11) is 0. The Morgan fingerprint density at radius 2 is 2.06 bits per heavy atom. The van der Waals surface area contributed by atoms with E-state index < -0.39 is 0 Å². The molecule has 3 heteroatoms. The molecule has 0 aliphatic carbocycles. The van der Waals surface area contributed by atoms with Gasteiger partial charge in [-0.15, -0.1) is 11.3 Å². The van der Waals surface area contributed by atoms with Crippen LogP contribution in [0.4, 0.5) is 0 Å². The molecule has 0 radical (unpaired) electrons. The first-order chi connectivity index (χ1) is 8.11. The topological polar surface area (TPSA) is 17.1 Å². The quantitative estimate of drug-likeness (QED) is 0.757. The summed E-state index contributed by atoms with van der Waals surface area (Å²) in [5, 5.41) is 0. The van der Waals surface area contributed by atoms with Crippen molar-refractivity contribution in [3.63, 3.8) is 0 Å². The lowest BCUT2D eigenvalue weighted by atomic mass is 10.1. The van der Waals surface area contributed by atoms with E-state index in [1.165, 1.54) is 4.88 Å². The fourth-order valence-electron chi connectivity index (χ4n) is 1.62. The van der Waals surface area contributed by atoms with E-state index in [1.807, 2.05) is 37.3 Å². The fourth-order valence-corrected chi connectivity index (χ4v) is 2.77. The Morgan fingerprint density at radius 1 is 1.29 bits per heavy atom. The van der Waals surface area contributed by atoms with Crippen LogP contribution in [0.5, 0.6) is 0 Å². The van der Waals surface area contributed by atoms with E-state index in [1.54, 1.807) is 11.3 Å². The molecule has 0 fully saturated rings. The zero-order valence-corrected chi connectivity index (χ0v) is 12.2. The van der Waals surface area contributed by atoms with Gasteiger partial charge in [-0.25, -0.2) is 0 Å². The molecule has 0 aliphatic heterocycles. The van der Waals surface area contributed by atoms with Gasteiger partial charge in [-0.3, -0.25) is 4.79 Å². The van der Waals surface area contributed by atoms with Gasteiger partial charge in [-0.1, -0.05) is 22.9 Å². The Bertz CT molecular complexity index is 557. The molecule has 1 nitrogen and oxygen atoms in total. The largest absolute Gasteiger partial charge is 0.288 e. The van der Waals surface area contributed by atoms with Crippen LogP contribution in [0.2, 0.25) is 0 Å². The zero-order chi connectivity index (χ0) is 12.4. The van der Waals surface area contributed by atoms with E-state index in [0.29, 0.717) is 0 Å². The molecule has 0 bridgehead atoms. The third-order valence-corrected chi connectivity index (χ3v) is 4.77. The van der Waals surface area contributed by atoms with Gasteiger partial charge in [0.2, 0.25) is 5.78 Å². The number of thiophene rings is 1. The number of carbonyl (C=O) groups excluding carboxylic acids is 1. The molecule has 0 N–H and O–H groups in total. The summed E-state index contributed by atoms with van der Waals surface area (Å²) in [6.07, 6.45) is 0.983. The Hall–Kier alpha value is -0.930. The molecule has 2 rings (SSSR count). The first-order valence-corrected chi connectivity index (χ1v) is 7.12. The van der Waals surface area contributed by atoms with Gasteiger partial charge in [0.15, 0.2) is 0 Å². The fraction of sp³-hybridized carbons (Fsp3) is 0.214. The zero-order valence-electron chi connectivity index (χ0n) is 9.79. The van der Waals surface area contributed by atoms with Crippen LogP contribution in [0, 0.1) is 6.92 Å². The highest BCUT2D eigenvalue weighted by molar-refractivity contribution is 9.10. The van der Waals surface area contributed by atoms with Crippen molar-refractivity contribution in [2.75, 3.05) is 0 Å². The van der Waals surface area contributed by atoms with Crippen LogP contribution in [0.3, 0.4) is 0 Å². The molecule has 0 atom stereocenters. The molecular formula is C14H13BrOS. The van der Waals surface area contributed by atoms with E-state index in [0.717, 1.165) is 26.9 Å². The standard InChI is InChI=1S/C14H13BrOS/c1-3-11-5-7-13(17-11)14(16)10-4-6-12(15)9(2)8-10/h4-8H,3H2,1-2H3. The molecule has 0 spiro atoms. The third kappa shape index (κ3) is 2.67. The van der Waals surface area contributed by atoms with E-state index >= 15 is 0 Å². The molecule has 0 saturated heterocycles. The number of aryl methyl sites for hydroxylation is 2. The van der Waals surface area contributed by atoms with Crippen LogP contribution >= 0.6 is 27.3 Å². The van der Waals surface area contributed by atoms with Crippen molar-refractivity contribution in [3.05, 3.63) is 55.7 Å². The molecule has 1 aromatic heterocycles. The predicted molar refractivity (Wildman–Crippen MR) is 76.0 cm³/mol. The second-order valence-corrected chi connectivity index (χ2v) is 5.94. The summed E-state index contributed by atoms with van der Waals surface area (Å²) in [5.74, 6) is 0.116. The number of rotatable bonds is 3. The molecule has 0 amide bonds. The molecule has 1 heterocycles. The number of carbonyl (C=O) groups is 1. The van der Waals surface area contributed by atoms with Gasteiger partial charge >= 0.3 is 0 Å². The molecular weight excluding hydrogens is 296 g/mol. The lowest BCUT2D eigenvalue weighted by Crippen LogP contribution is -1.98. The van der Waals surface area contributed by atoms with Crippen LogP contribution in [-0.2, 0) is 6.42 Å². The van der Waals surface area contributed by atoms with E-state index in [-0.39, 0.29) is 5.78 Å². The average molecular weight is 309 g/mol. The second-order valence-electron chi connectivity index (χ2n) is 3.91. The van der Waals surface area contributed by atoms with E-state index in [2.05, 4.69) is 22.9 Å². The van der Waals surface area contributed by atoms with Crippen LogP contribution in [0.1, 0.15) is 32.6 Å². The number of benzene rings is 1. The van der Waals surface area contributed by atoms with Crippen molar-refractivity contribution in [3.8, 4) is 0 Å². The van der Waals surface area contributed by atoms with Crippen molar-refractivity contribution >= 4 is 33.0 Å². The van der Waals surface area contributed by atoms with Gasteiger partial charge in [0.25, 0.3) is 0 Å². The maximum absolute atomic E-state index is 12.2. The summed E-state index contributed by atoms with van der Waals surface area (Å²) in [6, 6.07) is 9.67. The predicted octanol–water partition coefficient (Wildman–Crippen LogP) is 4.61. The Morgan fingerprint density at radius 3 is 2.65 bits per heavy atom. The van der Waals surface area contributed by atoms with Gasteiger partial charge in [-0.05, 0) is 49.2 Å². The first kappa shape index (κ1) is 12.5. The molecule has 0 unspecified atom stereocenters. The van der Waals surface area contributed by atoms with Crippen LogP contribution < -0.4 is 0 Å². The maximum Gasteiger partial charge on any atom is 0.202 e. The highest BCUT2D eigenvalue weighted by Gasteiger charge is 2.12.